The minimum atomic E-state index is -0.879. The summed E-state index contributed by atoms with van der Waals surface area (Å²) in [7, 11) is 0. The maximum atomic E-state index is 11.3. The third kappa shape index (κ3) is 2.99. The molecule has 0 bridgehead atoms. The van der Waals surface area contributed by atoms with Gasteiger partial charge in [-0.25, -0.2) is 4.79 Å². The van der Waals surface area contributed by atoms with E-state index in [0.717, 1.165) is 15.4 Å². The Bertz CT molecular complexity index is 633. The molecule has 3 heteroatoms. The molecular weight excluding hydrogens is 256 g/mol. The predicted molar refractivity (Wildman–Crippen MR) is 78.2 cm³/mol. The van der Waals surface area contributed by atoms with Gasteiger partial charge in [0.05, 0.1) is 5.56 Å². The fourth-order valence-electron chi connectivity index (χ4n) is 1.98. The molecule has 0 aliphatic carbocycles. The minimum absolute atomic E-state index is 0.366. The molecule has 2 aromatic rings. The van der Waals surface area contributed by atoms with Gasteiger partial charge in [0.1, 0.15) is 0 Å². The summed E-state index contributed by atoms with van der Waals surface area (Å²) in [5, 5.41) is 9.27. The number of aryl methyl sites for hydroxylation is 3. The number of hydrogen-bond donors (Lipinski definition) is 1. The average molecular weight is 272 g/mol. The molecule has 0 aromatic heterocycles. The molecular formula is C16H16O2S. The van der Waals surface area contributed by atoms with Crippen molar-refractivity contribution in [2.45, 2.75) is 30.6 Å². The number of benzene rings is 2. The van der Waals surface area contributed by atoms with Crippen LogP contribution in [0.15, 0.2) is 46.2 Å². The summed E-state index contributed by atoms with van der Waals surface area (Å²) in [5.41, 5.74) is 3.74. The predicted octanol–water partition coefficient (Wildman–Crippen LogP) is 4.46. The van der Waals surface area contributed by atoms with E-state index in [0.29, 0.717) is 5.56 Å². The first kappa shape index (κ1) is 13.7. The highest BCUT2D eigenvalue weighted by atomic mass is 32.2. The normalized spacial score (nSPS) is 10.5. The number of aromatic carboxylic acids is 1. The largest absolute Gasteiger partial charge is 0.478 e. The molecule has 0 atom stereocenters. The van der Waals surface area contributed by atoms with Crippen molar-refractivity contribution in [3.05, 3.63) is 58.7 Å². The lowest BCUT2D eigenvalue weighted by Crippen LogP contribution is -2.00. The molecule has 2 rings (SSSR count). The van der Waals surface area contributed by atoms with E-state index in [4.69, 9.17) is 0 Å². The second-order valence-electron chi connectivity index (χ2n) is 4.63. The van der Waals surface area contributed by atoms with Crippen molar-refractivity contribution in [2.24, 2.45) is 0 Å². The minimum Gasteiger partial charge on any atom is -0.478 e. The maximum Gasteiger partial charge on any atom is 0.336 e. The van der Waals surface area contributed by atoms with Crippen LogP contribution in [0, 0.1) is 20.8 Å². The molecule has 1 N–H and O–H groups in total. The standard InChI is InChI=1S/C16H16O2S/c1-10-7-8-14(12(3)9-10)19-15-11(2)5-4-6-13(15)16(17)18/h4-9H,1-3H3,(H,17,18). The molecule has 2 nitrogen and oxygen atoms in total. The quantitative estimate of drug-likeness (QED) is 0.896. The van der Waals surface area contributed by atoms with Gasteiger partial charge in [0.15, 0.2) is 0 Å². The molecule has 0 saturated carbocycles. The van der Waals surface area contributed by atoms with Gasteiger partial charge >= 0.3 is 5.97 Å². The summed E-state index contributed by atoms with van der Waals surface area (Å²) in [6.45, 7) is 6.05. The second-order valence-corrected chi connectivity index (χ2v) is 5.68. The summed E-state index contributed by atoms with van der Waals surface area (Å²) in [4.78, 5) is 13.2. The van der Waals surface area contributed by atoms with Crippen LogP contribution in [0.4, 0.5) is 0 Å². The van der Waals surface area contributed by atoms with Crippen LogP contribution >= 0.6 is 11.8 Å². The Labute approximate surface area is 117 Å². The number of rotatable bonds is 3. The molecule has 19 heavy (non-hydrogen) atoms. The Hall–Kier alpha value is -1.74. The van der Waals surface area contributed by atoms with Crippen molar-refractivity contribution in [1.82, 2.24) is 0 Å². The molecule has 0 spiro atoms. The number of hydrogen-bond acceptors (Lipinski definition) is 2. The number of carbonyl (C=O) groups is 1. The molecule has 0 saturated heterocycles. The summed E-state index contributed by atoms with van der Waals surface area (Å²) >= 11 is 1.52. The van der Waals surface area contributed by atoms with Gasteiger partial charge in [-0.15, -0.1) is 0 Å². The molecule has 0 aliphatic heterocycles. The van der Waals surface area contributed by atoms with Crippen LogP contribution < -0.4 is 0 Å². The van der Waals surface area contributed by atoms with Gasteiger partial charge in [0.2, 0.25) is 0 Å². The van der Waals surface area contributed by atoms with Crippen LogP contribution in [0.5, 0.6) is 0 Å². The van der Waals surface area contributed by atoms with Crippen LogP contribution in [0.3, 0.4) is 0 Å². The highest BCUT2D eigenvalue weighted by Gasteiger charge is 2.14. The summed E-state index contributed by atoms with van der Waals surface area (Å²) in [6, 6.07) is 11.6. The fourth-order valence-corrected chi connectivity index (χ4v) is 3.05. The first-order valence-electron chi connectivity index (χ1n) is 6.07. The van der Waals surface area contributed by atoms with Crippen LogP contribution in [-0.2, 0) is 0 Å². The van der Waals surface area contributed by atoms with Gasteiger partial charge < -0.3 is 5.11 Å². The van der Waals surface area contributed by atoms with Gasteiger partial charge in [0, 0.05) is 9.79 Å². The third-order valence-corrected chi connectivity index (χ3v) is 4.41. The van der Waals surface area contributed by atoms with E-state index in [1.165, 1.54) is 22.9 Å². The highest BCUT2D eigenvalue weighted by Crippen LogP contribution is 2.35. The van der Waals surface area contributed by atoms with E-state index in [2.05, 4.69) is 13.0 Å². The smallest absolute Gasteiger partial charge is 0.336 e. The van der Waals surface area contributed by atoms with E-state index < -0.39 is 5.97 Å². The van der Waals surface area contributed by atoms with Crippen LogP contribution in [0.1, 0.15) is 27.0 Å². The van der Waals surface area contributed by atoms with Crippen molar-refractivity contribution in [2.75, 3.05) is 0 Å². The molecule has 0 aliphatic rings. The maximum absolute atomic E-state index is 11.3. The van der Waals surface area contributed by atoms with E-state index in [1.807, 2.05) is 32.0 Å². The highest BCUT2D eigenvalue weighted by molar-refractivity contribution is 7.99. The Kier molecular flexibility index (Phi) is 3.96. The Morgan fingerprint density at radius 1 is 1.05 bits per heavy atom. The molecule has 0 fully saturated rings. The molecule has 0 unspecified atom stereocenters. The lowest BCUT2D eigenvalue weighted by molar-refractivity contribution is 0.0693. The molecule has 98 valence electrons. The zero-order chi connectivity index (χ0) is 14.0. The van der Waals surface area contributed by atoms with Crippen molar-refractivity contribution in [1.29, 1.82) is 0 Å². The van der Waals surface area contributed by atoms with Crippen LogP contribution in [0.25, 0.3) is 0 Å². The van der Waals surface area contributed by atoms with Gasteiger partial charge in [-0.05, 0) is 44.0 Å². The van der Waals surface area contributed by atoms with E-state index in [-0.39, 0.29) is 0 Å². The van der Waals surface area contributed by atoms with E-state index in [9.17, 15) is 9.90 Å². The molecule has 2 aromatic carbocycles. The number of carboxylic acid groups (broad SMARTS) is 1. The van der Waals surface area contributed by atoms with Crippen molar-refractivity contribution in [3.63, 3.8) is 0 Å². The summed E-state index contributed by atoms with van der Waals surface area (Å²) in [5.74, 6) is -0.879. The monoisotopic (exact) mass is 272 g/mol. The first-order chi connectivity index (χ1) is 8.99. The van der Waals surface area contributed by atoms with E-state index >= 15 is 0 Å². The van der Waals surface area contributed by atoms with Crippen molar-refractivity contribution >= 4 is 17.7 Å². The van der Waals surface area contributed by atoms with Gasteiger partial charge in [-0.2, -0.15) is 0 Å². The Balaban J connectivity index is 2.46. The van der Waals surface area contributed by atoms with Crippen LogP contribution in [0.2, 0.25) is 0 Å². The first-order valence-corrected chi connectivity index (χ1v) is 6.88. The zero-order valence-corrected chi connectivity index (χ0v) is 12.0. The zero-order valence-electron chi connectivity index (χ0n) is 11.2. The van der Waals surface area contributed by atoms with Crippen molar-refractivity contribution < 1.29 is 9.90 Å². The average Bonchev–Trinajstić information content (AvgIpc) is 2.34. The number of carboxylic acids is 1. The topological polar surface area (TPSA) is 37.3 Å². The molecule has 0 heterocycles. The SMILES string of the molecule is Cc1ccc(Sc2c(C)cccc2C(=O)O)c(C)c1. The van der Waals surface area contributed by atoms with Crippen molar-refractivity contribution in [3.8, 4) is 0 Å². The lowest BCUT2D eigenvalue weighted by Gasteiger charge is -2.11. The summed E-state index contributed by atoms with van der Waals surface area (Å²) in [6.07, 6.45) is 0. The Morgan fingerprint density at radius 3 is 2.42 bits per heavy atom. The van der Waals surface area contributed by atoms with Gasteiger partial charge in [-0.3, -0.25) is 0 Å². The Morgan fingerprint density at radius 2 is 1.79 bits per heavy atom. The molecule has 0 amide bonds. The van der Waals surface area contributed by atoms with E-state index in [1.54, 1.807) is 12.1 Å². The summed E-state index contributed by atoms with van der Waals surface area (Å²) < 4.78 is 0. The lowest BCUT2D eigenvalue weighted by atomic mass is 10.1. The molecule has 0 radical (unpaired) electrons. The van der Waals surface area contributed by atoms with Crippen LogP contribution in [-0.4, -0.2) is 11.1 Å². The van der Waals surface area contributed by atoms with Gasteiger partial charge in [-0.1, -0.05) is 41.6 Å². The third-order valence-electron chi connectivity index (χ3n) is 2.98. The second kappa shape index (κ2) is 5.49. The van der Waals surface area contributed by atoms with Gasteiger partial charge in [0.25, 0.3) is 0 Å². The fraction of sp³-hybridized carbons (Fsp3) is 0.188.